The number of carbonyl (C=O) groups excluding carboxylic acids is 1. The van der Waals surface area contributed by atoms with E-state index in [1.165, 1.54) is 25.7 Å². The Morgan fingerprint density at radius 1 is 1.33 bits per heavy atom. The van der Waals surface area contributed by atoms with Gasteiger partial charge in [0.05, 0.1) is 31.2 Å². The van der Waals surface area contributed by atoms with E-state index in [0.29, 0.717) is 18.8 Å². The highest BCUT2D eigenvalue weighted by molar-refractivity contribution is 5.90. The Kier molecular flexibility index (Phi) is 8.05. The molecule has 0 radical (unpaired) electrons. The molecule has 1 aromatic rings. The van der Waals surface area contributed by atoms with Gasteiger partial charge in [-0.2, -0.15) is 5.10 Å². The average Bonchev–Trinajstić information content (AvgIpc) is 2.83. The Morgan fingerprint density at radius 2 is 2.10 bits per heavy atom. The van der Waals surface area contributed by atoms with Crippen LogP contribution in [0.1, 0.15) is 68.9 Å². The maximum atomic E-state index is 11.8. The molecule has 0 saturated carbocycles. The SMILES string of the molecule is CCCCCCC(C)OCc1c(C(=O)OCC)cnn1C. The summed E-state index contributed by atoms with van der Waals surface area (Å²) in [6, 6.07) is 0. The van der Waals surface area contributed by atoms with Gasteiger partial charge in [0.1, 0.15) is 5.56 Å². The zero-order valence-corrected chi connectivity index (χ0v) is 13.7. The Morgan fingerprint density at radius 3 is 2.76 bits per heavy atom. The van der Waals surface area contributed by atoms with Crippen LogP contribution in [0.25, 0.3) is 0 Å². The lowest BCUT2D eigenvalue weighted by Gasteiger charge is -2.14. The number of unbranched alkanes of at least 4 members (excludes halogenated alkanes) is 3. The number of nitrogens with zero attached hydrogens (tertiary/aromatic N) is 2. The lowest BCUT2D eigenvalue weighted by molar-refractivity contribution is 0.0389. The third-order valence-electron chi connectivity index (χ3n) is 3.53. The van der Waals surface area contributed by atoms with Crippen molar-refractivity contribution in [3.05, 3.63) is 17.5 Å². The second kappa shape index (κ2) is 9.55. The fourth-order valence-corrected chi connectivity index (χ4v) is 2.18. The molecule has 0 aromatic carbocycles. The van der Waals surface area contributed by atoms with Gasteiger partial charge in [-0.05, 0) is 20.3 Å². The van der Waals surface area contributed by atoms with Crippen LogP contribution in [-0.2, 0) is 23.1 Å². The molecule has 1 atom stereocenters. The summed E-state index contributed by atoms with van der Waals surface area (Å²) in [5.41, 5.74) is 1.27. The number of hydrogen-bond acceptors (Lipinski definition) is 4. The summed E-state index contributed by atoms with van der Waals surface area (Å²) in [6.45, 7) is 6.83. The molecule has 0 spiro atoms. The summed E-state index contributed by atoms with van der Waals surface area (Å²) in [5, 5.41) is 4.12. The maximum Gasteiger partial charge on any atom is 0.341 e. The molecule has 5 heteroatoms. The van der Waals surface area contributed by atoms with Crippen molar-refractivity contribution >= 4 is 5.97 Å². The molecule has 0 N–H and O–H groups in total. The molecule has 1 aromatic heterocycles. The number of aryl methyl sites for hydroxylation is 1. The van der Waals surface area contributed by atoms with Gasteiger partial charge in [0.2, 0.25) is 0 Å². The van der Waals surface area contributed by atoms with Gasteiger partial charge >= 0.3 is 5.97 Å². The van der Waals surface area contributed by atoms with Crippen LogP contribution in [0, 0.1) is 0 Å². The van der Waals surface area contributed by atoms with Crippen molar-refractivity contribution in [1.82, 2.24) is 9.78 Å². The zero-order chi connectivity index (χ0) is 15.7. The van der Waals surface area contributed by atoms with Crippen LogP contribution < -0.4 is 0 Å². The highest BCUT2D eigenvalue weighted by atomic mass is 16.5. The van der Waals surface area contributed by atoms with Crippen molar-refractivity contribution in [2.75, 3.05) is 6.61 Å². The molecule has 0 bridgehead atoms. The Labute approximate surface area is 127 Å². The number of ether oxygens (including phenoxy) is 2. The number of aromatic nitrogens is 2. The van der Waals surface area contributed by atoms with Crippen LogP contribution in [-0.4, -0.2) is 28.5 Å². The van der Waals surface area contributed by atoms with E-state index in [-0.39, 0.29) is 12.1 Å². The van der Waals surface area contributed by atoms with Gasteiger partial charge in [-0.15, -0.1) is 0 Å². The Hall–Kier alpha value is -1.36. The van der Waals surface area contributed by atoms with Gasteiger partial charge in [0.15, 0.2) is 0 Å². The lowest BCUT2D eigenvalue weighted by Crippen LogP contribution is -2.14. The summed E-state index contributed by atoms with van der Waals surface area (Å²) in [7, 11) is 1.81. The highest BCUT2D eigenvalue weighted by Crippen LogP contribution is 2.14. The molecule has 0 aliphatic rings. The van der Waals surface area contributed by atoms with Crippen molar-refractivity contribution < 1.29 is 14.3 Å². The van der Waals surface area contributed by atoms with Crippen molar-refractivity contribution in [1.29, 1.82) is 0 Å². The highest BCUT2D eigenvalue weighted by Gasteiger charge is 2.17. The molecular formula is C16H28N2O3. The molecule has 1 heterocycles. The Bertz CT molecular complexity index is 429. The molecule has 120 valence electrons. The number of rotatable bonds is 10. The molecule has 0 aliphatic carbocycles. The number of esters is 1. The molecule has 1 rings (SSSR count). The zero-order valence-electron chi connectivity index (χ0n) is 13.7. The molecule has 0 aliphatic heterocycles. The first kappa shape index (κ1) is 17.7. The minimum absolute atomic E-state index is 0.187. The van der Waals surface area contributed by atoms with E-state index >= 15 is 0 Å². The van der Waals surface area contributed by atoms with Crippen LogP contribution >= 0.6 is 0 Å². The molecule has 5 nitrogen and oxygen atoms in total. The van der Waals surface area contributed by atoms with E-state index in [1.54, 1.807) is 17.8 Å². The summed E-state index contributed by atoms with van der Waals surface area (Å²) in [6.07, 6.45) is 7.74. The van der Waals surface area contributed by atoms with E-state index in [1.807, 2.05) is 7.05 Å². The normalized spacial score (nSPS) is 12.4. The fourth-order valence-electron chi connectivity index (χ4n) is 2.18. The number of hydrogen-bond donors (Lipinski definition) is 0. The van der Waals surface area contributed by atoms with Gasteiger partial charge in [-0.25, -0.2) is 4.79 Å². The minimum atomic E-state index is -0.334. The fraction of sp³-hybridized carbons (Fsp3) is 0.750. The molecule has 0 saturated heterocycles. The predicted molar refractivity (Wildman–Crippen MR) is 82.2 cm³/mol. The second-order valence-corrected chi connectivity index (χ2v) is 5.32. The van der Waals surface area contributed by atoms with E-state index in [4.69, 9.17) is 9.47 Å². The van der Waals surface area contributed by atoms with Crippen LogP contribution in [0.5, 0.6) is 0 Å². The maximum absolute atomic E-state index is 11.8. The molecular weight excluding hydrogens is 268 g/mol. The molecule has 0 amide bonds. The van der Waals surface area contributed by atoms with Crippen LogP contribution in [0.2, 0.25) is 0 Å². The summed E-state index contributed by atoms with van der Waals surface area (Å²) in [5.74, 6) is -0.334. The second-order valence-electron chi connectivity index (χ2n) is 5.32. The topological polar surface area (TPSA) is 53.4 Å². The van der Waals surface area contributed by atoms with Crippen molar-refractivity contribution in [3.8, 4) is 0 Å². The smallest absolute Gasteiger partial charge is 0.341 e. The predicted octanol–water partition coefficient (Wildman–Crippen LogP) is 3.47. The largest absolute Gasteiger partial charge is 0.462 e. The molecule has 21 heavy (non-hydrogen) atoms. The van der Waals surface area contributed by atoms with E-state index < -0.39 is 0 Å². The van der Waals surface area contributed by atoms with Gasteiger partial charge in [-0.3, -0.25) is 4.68 Å². The first-order valence-corrected chi connectivity index (χ1v) is 7.89. The van der Waals surface area contributed by atoms with Crippen LogP contribution in [0.15, 0.2) is 6.20 Å². The average molecular weight is 296 g/mol. The standard InChI is InChI=1S/C16H28N2O3/c1-5-7-8-9-10-13(3)21-12-15-14(11-17-18(15)4)16(19)20-6-2/h11,13H,5-10,12H2,1-4H3. The monoisotopic (exact) mass is 296 g/mol. The molecule has 1 unspecified atom stereocenters. The first-order chi connectivity index (χ1) is 10.1. The van der Waals surface area contributed by atoms with Gasteiger partial charge in [-0.1, -0.05) is 32.6 Å². The van der Waals surface area contributed by atoms with Crippen molar-refractivity contribution in [2.24, 2.45) is 7.05 Å². The lowest BCUT2D eigenvalue weighted by atomic mass is 10.1. The van der Waals surface area contributed by atoms with Gasteiger partial charge in [0, 0.05) is 7.05 Å². The van der Waals surface area contributed by atoms with Gasteiger partial charge in [0.25, 0.3) is 0 Å². The van der Waals surface area contributed by atoms with Crippen LogP contribution in [0.4, 0.5) is 0 Å². The quantitative estimate of drug-likeness (QED) is 0.490. The van der Waals surface area contributed by atoms with E-state index in [2.05, 4.69) is 18.9 Å². The third kappa shape index (κ3) is 5.87. The van der Waals surface area contributed by atoms with E-state index in [0.717, 1.165) is 12.1 Å². The summed E-state index contributed by atoms with van der Waals surface area (Å²) < 4.78 is 12.6. The van der Waals surface area contributed by atoms with Crippen LogP contribution in [0.3, 0.4) is 0 Å². The Balaban J connectivity index is 2.47. The minimum Gasteiger partial charge on any atom is -0.462 e. The van der Waals surface area contributed by atoms with Gasteiger partial charge < -0.3 is 9.47 Å². The van der Waals surface area contributed by atoms with E-state index in [9.17, 15) is 4.79 Å². The summed E-state index contributed by atoms with van der Waals surface area (Å²) >= 11 is 0. The molecule has 0 fully saturated rings. The van der Waals surface area contributed by atoms with Crippen molar-refractivity contribution in [3.63, 3.8) is 0 Å². The van der Waals surface area contributed by atoms with Crippen molar-refractivity contribution in [2.45, 2.75) is 65.6 Å². The first-order valence-electron chi connectivity index (χ1n) is 7.89. The third-order valence-corrected chi connectivity index (χ3v) is 3.53. The summed E-state index contributed by atoms with van der Waals surface area (Å²) in [4.78, 5) is 11.8. The number of carbonyl (C=O) groups is 1.